The van der Waals surface area contributed by atoms with Gasteiger partial charge in [0.25, 0.3) is 0 Å². The van der Waals surface area contributed by atoms with Crippen molar-refractivity contribution in [3.8, 4) is 0 Å². The van der Waals surface area contributed by atoms with Crippen LogP contribution in [0.3, 0.4) is 0 Å². The number of alkyl halides is 1. The Morgan fingerprint density at radius 1 is 1.12 bits per heavy atom. The molecule has 0 radical (unpaired) electrons. The van der Waals surface area contributed by atoms with Crippen LogP contribution in [0.15, 0.2) is 24.3 Å². The second-order valence-corrected chi connectivity index (χ2v) is 7.04. The summed E-state index contributed by atoms with van der Waals surface area (Å²) in [5.74, 6) is 0. The van der Waals surface area contributed by atoms with Gasteiger partial charge in [0.15, 0.2) is 0 Å². The first kappa shape index (κ1) is 13.1. The predicted molar refractivity (Wildman–Crippen MR) is 80.8 cm³/mol. The van der Waals surface area contributed by atoms with E-state index >= 15 is 0 Å². The summed E-state index contributed by atoms with van der Waals surface area (Å²) >= 11 is 11.7. The minimum atomic E-state index is 0.228. The van der Waals surface area contributed by atoms with E-state index in [0.717, 1.165) is 5.02 Å². The van der Waals surface area contributed by atoms with E-state index in [-0.39, 0.29) is 4.83 Å². The van der Waals surface area contributed by atoms with Crippen molar-refractivity contribution in [1.29, 1.82) is 0 Å². The molecule has 0 amide bonds. The van der Waals surface area contributed by atoms with Crippen molar-refractivity contribution < 1.29 is 0 Å². The second kappa shape index (κ2) is 5.13. The van der Waals surface area contributed by atoms with Crippen LogP contribution >= 0.6 is 38.9 Å². The standard InChI is InChI=1S/C14H14BrClS/c1-8-4-5-11(16)7-12(8)14(15)13-6-9(2)17-10(13)3/h4-7,14H,1-3H3. The molecule has 0 saturated carbocycles. The first-order valence-corrected chi connectivity index (χ1v) is 7.57. The van der Waals surface area contributed by atoms with Gasteiger partial charge < -0.3 is 0 Å². The van der Waals surface area contributed by atoms with Crippen molar-refractivity contribution in [3.05, 3.63) is 55.7 Å². The molecule has 1 atom stereocenters. The minimum absolute atomic E-state index is 0.228. The summed E-state index contributed by atoms with van der Waals surface area (Å²) in [7, 11) is 0. The molecule has 0 nitrogen and oxygen atoms in total. The van der Waals surface area contributed by atoms with E-state index in [9.17, 15) is 0 Å². The van der Waals surface area contributed by atoms with Gasteiger partial charge in [-0.1, -0.05) is 33.6 Å². The molecule has 0 saturated heterocycles. The Labute approximate surface area is 120 Å². The molecule has 1 aromatic heterocycles. The molecule has 1 unspecified atom stereocenters. The first-order chi connectivity index (χ1) is 7.99. The van der Waals surface area contributed by atoms with Gasteiger partial charge in [0.1, 0.15) is 0 Å². The average Bonchev–Trinajstić information content (AvgIpc) is 2.60. The molecule has 0 aliphatic carbocycles. The van der Waals surface area contributed by atoms with Gasteiger partial charge in [0.05, 0.1) is 4.83 Å². The minimum Gasteiger partial charge on any atom is -0.146 e. The maximum absolute atomic E-state index is 6.08. The fourth-order valence-corrected chi connectivity index (χ4v) is 4.22. The molecule has 0 N–H and O–H groups in total. The van der Waals surface area contributed by atoms with Crippen molar-refractivity contribution in [2.75, 3.05) is 0 Å². The molecule has 0 spiro atoms. The number of aryl methyl sites for hydroxylation is 3. The monoisotopic (exact) mass is 328 g/mol. The van der Waals surface area contributed by atoms with Crippen LogP contribution in [0.4, 0.5) is 0 Å². The normalized spacial score (nSPS) is 12.8. The highest BCUT2D eigenvalue weighted by molar-refractivity contribution is 9.09. The van der Waals surface area contributed by atoms with Crippen molar-refractivity contribution in [2.45, 2.75) is 25.6 Å². The number of hydrogen-bond donors (Lipinski definition) is 0. The average molecular weight is 330 g/mol. The third-order valence-electron chi connectivity index (χ3n) is 2.87. The Morgan fingerprint density at radius 3 is 2.41 bits per heavy atom. The smallest absolute Gasteiger partial charge is 0.0658 e. The summed E-state index contributed by atoms with van der Waals surface area (Å²) in [6, 6.07) is 8.30. The van der Waals surface area contributed by atoms with Crippen LogP contribution in [-0.2, 0) is 0 Å². The summed E-state index contributed by atoms with van der Waals surface area (Å²) in [5, 5.41) is 0.791. The summed E-state index contributed by atoms with van der Waals surface area (Å²) in [6.07, 6.45) is 0. The number of halogens is 2. The third-order valence-corrected chi connectivity index (χ3v) is 5.07. The zero-order chi connectivity index (χ0) is 12.6. The van der Waals surface area contributed by atoms with Crippen molar-refractivity contribution >= 4 is 38.9 Å². The third kappa shape index (κ3) is 2.75. The number of rotatable bonds is 2. The lowest BCUT2D eigenvalue weighted by Gasteiger charge is -2.13. The fourth-order valence-electron chi connectivity index (χ4n) is 1.95. The van der Waals surface area contributed by atoms with Gasteiger partial charge in [-0.3, -0.25) is 0 Å². The largest absolute Gasteiger partial charge is 0.146 e. The van der Waals surface area contributed by atoms with Crippen LogP contribution in [0.2, 0.25) is 5.02 Å². The van der Waals surface area contributed by atoms with Gasteiger partial charge in [-0.2, -0.15) is 0 Å². The Balaban J connectivity index is 2.46. The van der Waals surface area contributed by atoms with Crippen LogP contribution in [0, 0.1) is 20.8 Å². The van der Waals surface area contributed by atoms with Gasteiger partial charge in [-0.05, 0) is 55.7 Å². The molecule has 1 aromatic carbocycles. The van der Waals surface area contributed by atoms with Gasteiger partial charge in [-0.25, -0.2) is 0 Å². The maximum Gasteiger partial charge on any atom is 0.0658 e. The number of benzene rings is 1. The van der Waals surface area contributed by atoms with Gasteiger partial charge in [0, 0.05) is 14.8 Å². The Kier molecular flexibility index (Phi) is 3.96. The molecule has 90 valence electrons. The van der Waals surface area contributed by atoms with Crippen LogP contribution in [0.5, 0.6) is 0 Å². The van der Waals surface area contributed by atoms with E-state index < -0.39 is 0 Å². The number of hydrogen-bond acceptors (Lipinski definition) is 1. The fraction of sp³-hybridized carbons (Fsp3) is 0.286. The molecular weight excluding hydrogens is 316 g/mol. The molecule has 0 aliphatic rings. The maximum atomic E-state index is 6.08. The van der Waals surface area contributed by atoms with Crippen LogP contribution in [0.25, 0.3) is 0 Å². The molecule has 0 bridgehead atoms. The van der Waals surface area contributed by atoms with Crippen molar-refractivity contribution in [3.63, 3.8) is 0 Å². The summed E-state index contributed by atoms with van der Waals surface area (Å²) in [5.41, 5.74) is 3.86. The highest BCUT2D eigenvalue weighted by Gasteiger charge is 2.17. The molecule has 0 aliphatic heterocycles. The topological polar surface area (TPSA) is 0 Å². The lowest BCUT2D eigenvalue weighted by molar-refractivity contribution is 1.14. The zero-order valence-electron chi connectivity index (χ0n) is 10.1. The van der Waals surface area contributed by atoms with Crippen molar-refractivity contribution in [1.82, 2.24) is 0 Å². The first-order valence-electron chi connectivity index (χ1n) is 5.46. The molecule has 2 aromatic rings. The van der Waals surface area contributed by atoms with Crippen LogP contribution < -0.4 is 0 Å². The Hall–Kier alpha value is -0.310. The lowest BCUT2D eigenvalue weighted by Crippen LogP contribution is -1.95. The Morgan fingerprint density at radius 2 is 1.82 bits per heavy atom. The Bertz CT molecular complexity index is 545. The molecular formula is C14H14BrClS. The highest BCUT2D eigenvalue weighted by Crippen LogP contribution is 2.38. The molecule has 0 fully saturated rings. The van der Waals surface area contributed by atoms with Gasteiger partial charge in [0.2, 0.25) is 0 Å². The summed E-state index contributed by atoms with van der Waals surface area (Å²) in [6.45, 7) is 6.43. The van der Waals surface area contributed by atoms with E-state index in [0.29, 0.717) is 0 Å². The van der Waals surface area contributed by atoms with E-state index in [1.165, 1.54) is 26.4 Å². The van der Waals surface area contributed by atoms with E-state index in [2.05, 4.69) is 48.8 Å². The van der Waals surface area contributed by atoms with Crippen LogP contribution in [-0.4, -0.2) is 0 Å². The highest BCUT2D eigenvalue weighted by atomic mass is 79.9. The van der Waals surface area contributed by atoms with E-state index in [4.69, 9.17) is 11.6 Å². The summed E-state index contributed by atoms with van der Waals surface area (Å²) in [4.78, 5) is 2.94. The quantitative estimate of drug-likeness (QED) is 0.610. The van der Waals surface area contributed by atoms with Crippen molar-refractivity contribution in [2.24, 2.45) is 0 Å². The summed E-state index contributed by atoms with van der Waals surface area (Å²) < 4.78 is 0. The molecule has 1 heterocycles. The van der Waals surface area contributed by atoms with Crippen LogP contribution in [0.1, 0.15) is 31.3 Å². The van der Waals surface area contributed by atoms with E-state index in [1.54, 1.807) is 0 Å². The van der Waals surface area contributed by atoms with E-state index in [1.807, 2.05) is 23.5 Å². The molecule has 17 heavy (non-hydrogen) atoms. The molecule has 2 rings (SSSR count). The number of thiophene rings is 1. The van der Waals surface area contributed by atoms with Gasteiger partial charge >= 0.3 is 0 Å². The zero-order valence-corrected chi connectivity index (χ0v) is 13.2. The second-order valence-electron chi connectivity index (χ2n) is 4.23. The lowest BCUT2D eigenvalue weighted by atomic mass is 10.0. The van der Waals surface area contributed by atoms with Gasteiger partial charge in [-0.15, -0.1) is 11.3 Å². The molecule has 3 heteroatoms. The SMILES string of the molecule is Cc1cc(C(Br)c2cc(Cl)ccc2C)c(C)s1. The predicted octanol–water partition coefficient (Wildman–Crippen LogP) is 5.81.